The molecule has 1 aromatic carbocycles. The van der Waals surface area contributed by atoms with Crippen LogP contribution in [-0.2, 0) is 0 Å². The number of halogens is 1. The van der Waals surface area contributed by atoms with E-state index in [1.54, 1.807) is 19.2 Å². The predicted molar refractivity (Wildman–Crippen MR) is 81.2 cm³/mol. The summed E-state index contributed by atoms with van der Waals surface area (Å²) in [4.78, 5) is 4.07. The van der Waals surface area contributed by atoms with Crippen LogP contribution in [0.15, 0.2) is 34.8 Å². The van der Waals surface area contributed by atoms with Gasteiger partial charge in [-0.05, 0) is 54.9 Å². The smallest absolute Gasteiger partial charge is 0.165 e. The number of hydrogen-bond donors (Lipinski definition) is 0. The van der Waals surface area contributed by atoms with E-state index >= 15 is 0 Å². The summed E-state index contributed by atoms with van der Waals surface area (Å²) in [5, 5.41) is 0. The van der Waals surface area contributed by atoms with Gasteiger partial charge in [-0.15, -0.1) is 0 Å². The third kappa shape index (κ3) is 3.27. The van der Waals surface area contributed by atoms with Crippen molar-refractivity contribution in [3.8, 4) is 5.75 Å². The number of nitrogens with zero attached hydrogens (tertiary/aromatic N) is 1. The van der Waals surface area contributed by atoms with Crippen LogP contribution >= 0.6 is 0 Å². The molecule has 3 heteroatoms. The monoisotopic (exact) mass is 275 g/mol. The third-order valence-electron chi connectivity index (χ3n) is 3.68. The summed E-state index contributed by atoms with van der Waals surface area (Å²) in [5.74, 6) is 0.987. The maximum atomic E-state index is 14.0. The lowest BCUT2D eigenvalue weighted by Gasteiger charge is -2.08. The molecule has 108 valence electrons. The fourth-order valence-corrected chi connectivity index (χ4v) is 2.54. The van der Waals surface area contributed by atoms with Crippen LogP contribution in [0.5, 0.6) is 5.75 Å². The van der Waals surface area contributed by atoms with Gasteiger partial charge in [0, 0.05) is 13.3 Å². The number of ether oxygens (including phenoxy) is 1. The van der Waals surface area contributed by atoms with Crippen LogP contribution in [0, 0.1) is 11.7 Å². The second kappa shape index (κ2) is 6.69. The lowest BCUT2D eigenvalue weighted by molar-refractivity contribution is 0.301. The Kier molecular flexibility index (Phi) is 4.94. The van der Waals surface area contributed by atoms with Crippen molar-refractivity contribution in [2.75, 3.05) is 13.7 Å². The normalized spacial score (nSPS) is 22.3. The Balaban J connectivity index is 2.07. The van der Waals surface area contributed by atoms with E-state index in [1.165, 1.54) is 5.57 Å². The maximum Gasteiger partial charge on any atom is 0.165 e. The Hall–Kier alpha value is -1.64. The molecule has 0 aromatic heterocycles. The third-order valence-corrected chi connectivity index (χ3v) is 3.68. The lowest BCUT2D eigenvalue weighted by atomic mass is 10.0. The number of aliphatic imine (C=N–C) groups is 1. The van der Waals surface area contributed by atoms with Crippen molar-refractivity contribution in [2.45, 2.75) is 32.6 Å². The zero-order chi connectivity index (χ0) is 14.5. The molecular weight excluding hydrogens is 253 g/mol. The van der Waals surface area contributed by atoms with Gasteiger partial charge in [0.1, 0.15) is 0 Å². The fourth-order valence-electron chi connectivity index (χ4n) is 2.54. The zero-order valence-corrected chi connectivity index (χ0v) is 12.4. The molecule has 20 heavy (non-hydrogen) atoms. The molecule has 0 aliphatic heterocycles. The van der Waals surface area contributed by atoms with Gasteiger partial charge in [-0.3, -0.25) is 4.99 Å². The molecule has 0 radical (unpaired) electrons. The quantitative estimate of drug-likeness (QED) is 0.707. The Labute approximate surface area is 120 Å². The highest BCUT2D eigenvalue weighted by atomic mass is 19.1. The molecule has 0 N–H and O–H groups in total. The zero-order valence-electron chi connectivity index (χ0n) is 12.4. The Morgan fingerprint density at radius 1 is 1.50 bits per heavy atom. The minimum Gasteiger partial charge on any atom is -0.491 e. The van der Waals surface area contributed by atoms with Crippen molar-refractivity contribution < 1.29 is 9.13 Å². The molecule has 0 amide bonds. The van der Waals surface area contributed by atoms with E-state index in [9.17, 15) is 4.39 Å². The molecule has 2 unspecified atom stereocenters. The van der Waals surface area contributed by atoms with Crippen LogP contribution < -0.4 is 4.74 Å². The number of allylic oxidation sites excluding steroid dienone is 2. The Morgan fingerprint density at radius 3 is 2.90 bits per heavy atom. The highest BCUT2D eigenvalue weighted by Crippen LogP contribution is 2.51. The van der Waals surface area contributed by atoms with E-state index in [0.29, 0.717) is 24.2 Å². The van der Waals surface area contributed by atoms with Crippen molar-refractivity contribution in [1.82, 2.24) is 0 Å². The molecular formula is C17H22FNO. The van der Waals surface area contributed by atoms with E-state index in [0.717, 1.165) is 18.4 Å². The van der Waals surface area contributed by atoms with Gasteiger partial charge in [-0.25, -0.2) is 4.39 Å². The van der Waals surface area contributed by atoms with Crippen LogP contribution in [-0.4, -0.2) is 19.9 Å². The first-order chi connectivity index (χ1) is 9.71. The summed E-state index contributed by atoms with van der Waals surface area (Å²) in [5.41, 5.74) is 2.30. The summed E-state index contributed by atoms with van der Waals surface area (Å²) in [6, 6.07) is 5.35. The Morgan fingerprint density at radius 2 is 2.30 bits per heavy atom. The molecule has 1 aliphatic carbocycles. The van der Waals surface area contributed by atoms with Gasteiger partial charge >= 0.3 is 0 Å². The highest BCUT2D eigenvalue weighted by molar-refractivity contribution is 5.80. The minimum atomic E-state index is -0.257. The predicted octanol–water partition coefficient (Wildman–Crippen LogP) is 4.36. The van der Waals surface area contributed by atoms with Crippen molar-refractivity contribution >= 4 is 6.21 Å². The van der Waals surface area contributed by atoms with E-state index < -0.39 is 0 Å². The molecule has 1 aromatic rings. The summed E-state index contributed by atoms with van der Waals surface area (Å²) in [7, 11) is 1.78. The Bertz CT molecular complexity index is 522. The van der Waals surface area contributed by atoms with Crippen molar-refractivity contribution in [3.05, 3.63) is 41.2 Å². The first kappa shape index (κ1) is 14.8. The molecule has 0 spiro atoms. The maximum absolute atomic E-state index is 14.0. The standard InChI is InChI=1S/C17H22FNO/c1-4-8-20-17-7-6-13(9-16(17)18)15-10-14(15)12(5-2)11-19-3/h5-7,9,11,14-15H,4,8,10H2,1-3H3/b12-5+,19-11-. The summed E-state index contributed by atoms with van der Waals surface area (Å²) in [6.07, 6.45) is 5.94. The molecule has 0 saturated heterocycles. The van der Waals surface area contributed by atoms with Gasteiger partial charge in [0.2, 0.25) is 0 Å². The fraction of sp³-hybridized carbons (Fsp3) is 0.471. The van der Waals surface area contributed by atoms with Crippen molar-refractivity contribution in [1.29, 1.82) is 0 Å². The topological polar surface area (TPSA) is 21.6 Å². The molecule has 2 atom stereocenters. The second-order valence-corrected chi connectivity index (χ2v) is 5.16. The SMILES string of the molecule is C/C=C(\C=N/C)C1CC1c1ccc(OCCC)c(F)c1. The van der Waals surface area contributed by atoms with Gasteiger partial charge in [0.25, 0.3) is 0 Å². The van der Waals surface area contributed by atoms with E-state index in [-0.39, 0.29) is 5.82 Å². The van der Waals surface area contributed by atoms with E-state index in [1.807, 2.05) is 26.1 Å². The number of rotatable bonds is 6. The molecule has 1 saturated carbocycles. The summed E-state index contributed by atoms with van der Waals surface area (Å²) < 4.78 is 19.3. The molecule has 2 rings (SSSR count). The minimum absolute atomic E-state index is 0.257. The number of benzene rings is 1. The van der Waals surface area contributed by atoms with Crippen LogP contribution in [0.25, 0.3) is 0 Å². The first-order valence-corrected chi connectivity index (χ1v) is 7.21. The van der Waals surface area contributed by atoms with Crippen LogP contribution in [0.3, 0.4) is 0 Å². The van der Waals surface area contributed by atoms with Gasteiger partial charge < -0.3 is 4.74 Å². The lowest BCUT2D eigenvalue weighted by Crippen LogP contribution is -1.98. The molecule has 2 nitrogen and oxygen atoms in total. The number of hydrogen-bond acceptors (Lipinski definition) is 2. The van der Waals surface area contributed by atoms with Crippen LogP contribution in [0.4, 0.5) is 4.39 Å². The average molecular weight is 275 g/mol. The molecule has 0 heterocycles. The van der Waals surface area contributed by atoms with Crippen LogP contribution in [0.1, 0.15) is 38.2 Å². The van der Waals surface area contributed by atoms with Crippen molar-refractivity contribution in [3.63, 3.8) is 0 Å². The van der Waals surface area contributed by atoms with Crippen LogP contribution in [0.2, 0.25) is 0 Å². The van der Waals surface area contributed by atoms with E-state index in [2.05, 4.69) is 11.1 Å². The van der Waals surface area contributed by atoms with Gasteiger partial charge in [0.05, 0.1) is 6.61 Å². The highest BCUT2D eigenvalue weighted by Gasteiger charge is 2.40. The van der Waals surface area contributed by atoms with Gasteiger partial charge in [-0.1, -0.05) is 19.1 Å². The van der Waals surface area contributed by atoms with Gasteiger partial charge in [-0.2, -0.15) is 0 Å². The average Bonchev–Trinajstić information content (AvgIpc) is 3.23. The molecule has 0 bridgehead atoms. The molecule has 1 aliphatic rings. The second-order valence-electron chi connectivity index (χ2n) is 5.16. The summed E-state index contributed by atoms with van der Waals surface area (Å²) >= 11 is 0. The van der Waals surface area contributed by atoms with Crippen molar-refractivity contribution in [2.24, 2.45) is 10.9 Å². The molecule has 1 fully saturated rings. The van der Waals surface area contributed by atoms with E-state index in [4.69, 9.17) is 4.74 Å². The van der Waals surface area contributed by atoms with Gasteiger partial charge in [0.15, 0.2) is 11.6 Å². The largest absolute Gasteiger partial charge is 0.491 e. The first-order valence-electron chi connectivity index (χ1n) is 7.21. The summed E-state index contributed by atoms with van der Waals surface area (Å²) in [6.45, 7) is 4.58.